The van der Waals surface area contributed by atoms with Gasteiger partial charge in [0.1, 0.15) is 0 Å². The molecule has 0 spiro atoms. The van der Waals surface area contributed by atoms with Crippen molar-refractivity contribution in [2.45, 2.75) is 26.2 Å². The van der Waals surface area contributed by atoms with Gasteiger partial charge in [-0.1, -0.05) is 183 Å². The van der Waals surface area contributed by atoms with Gasteiger partial charge in [-0.3, -0.25) is 0 Å². The monoisotopic (exact) mass is 744 g/mol. The van der Waals surface area contributed by atoms with Crippen LogP contribution in [0.2, 0.25) is 0 Å². The van der Waals surface area contributed by atoms with E-state index in [0.717, 1.165) is 28.1 Å². The zero-order valence-electron chi connectivity index (χ0n) is 33.2. The van der Waals surface area contributed by atoms with Gasteiger partial charge in [0, 0.05) is 11.1 Å². The van der Waals surface area contributed by atoms with Gasteiger partial charge in [-0.05, 0) is 117 Å². The van der Waals surface area contributed by atoms with Crippen LogP contribution in [0.1, 0.15) is 46.0 Å². The fraction of sp³-hybridized carbons (Fsp3) is 0.0714. The maximum Gasteiger partial charge on any atom is 0.160 e. The maximum atomic E-state index is 5.26. The fourth-order valence-corrected chi connectivity index (χ4v) is 8.70. The quantitative estimate of drug-likeness (QED) is 0.138. The molecule has 0 saturated heterocycles. The Morgan fingerprint density at radius 2 is 1.12 bits per heavy atom. The molecule has 0 bridgehead atoms. The van der Waals surface area contributed by atoms with E-state index in [1.165, 1.54) is 66.8 Å². The molecule has 1 aliphatic carbocycles. The average Bonchev–Trinajstić information content (AvgIpc) is 3.58. The number of aryl methyl sites for hydroxylation is 2. The highest BCUT2D eigenvalue weighted by Gasteiger charge is 2.46. The molecule has 2 nitrogen and oxygen atoms in total. The average molecular weight is 745 g/mol. The molecule has 8 aromatic rings. The van der Waals surface area contributed by atoms with Crippen molar-refractivity contribution in [3.05, 3.63) is 246 Å². The Morgan fingerprint density at radius 3 is 1.84 bits per heavy atom. The molecular weight excluding hydrogens is 701 g/mol. The summed E-state index contributed by atoms with van der Waals surface area (Å²) in [5.41, 5.74) is 18.7. The molecule has 0 amide bonds. The summed E-state index contributed by atoms with van der Waals surface area (Å²) in [5, 5.41) is 0. The second-order valence-corrected chi connectivity index (χ2v) is 15.0. The molecule has 1 aromatic heterocycles. The van der Waals surface area contributed by atoms with Crippen LogP contribution in [0.5, 0.6) is 0 Å². The molecule has 7 aromatic carbocycles. The van der Waals surface area contributed by atoms with E-state index in [9.17, 15) is 0 Å². The Morgan fingerprint density at radius 1 is 0.500 bits per heavy atom. The molecule has 278 valence electrons. The molecular formula is C56H44N2. The molecule has 0 saturated carbocycles. The van der Waals surface area contributed by atoms with Gasteiger partial charge in [0.25, 0.3) is 0 Å². The summed E-state index contributed by atoms with van der Waals surface area (Å²) in [7, 11) is 0. The summed E-state index contributed by atoms with van der Waals surface area (Å²) in [6.45, 7) is 10.6. The smallest absolute Gasteiger partial charge is 0.160 e. The first kappa shape index (κ1) is 36.5. The molecule has 1 unspecified atom stereocenters. The summed E-state index contributed by atoms with van der Waals surface area (Å²) in [4.78, 5) is 10.5. The van der Waals surface area contributed by atoms with Crippen molar-refractivity contribution >= 4 is 5.57 Å². The van der Waals surface area contributed by atoms with E-state index in [1.54, 1.807) is 0 Å². The van der Waals surface area contributed by atoms with Crippen molar-refractivity contribution in [3.63, 3.8) is 0 Å². The number of hydrogen-bond acceptors (Lipinski definition) is 2. The van der Waals surface area contributed by atoms with Gasteiger partial charge >= 0.3 is 0 Å². The van der Waals surface area contributed by atoms with Crippen molar-refractivity contribution in [3.8, 4) is 56.0 Å². The Kier molecular flexibility index (Phi) is 9.69. The largest absolute Gasteiger partial charge is 0.228 e. The molecule has 0 N–H and O–H groups in total. The van der Waals surface area contributed by atoms with Crippen LogP contribution in [0.15, 0.2) is 207 Å². The molecule has 0 aliphatic heterocycles. The third-order valence-corrected chi connectivity index (χ3v) is 11.6. The number of fused-ring (bicyclic) bond motifs is 3. The van der Waals surface area contributed by atoms with Gasteiger partial charge in [-0.25, -0.2) is 9.97 Å². The van der Waals surface area contributed by atoms with Crippen LogP contribution in [0.3, 0.4) is 0 Å². The van der Waals surface area contributed by atoms with E-state index in [4.69, 9.17) is 9.97 Å². The predicted molar refractivity (Wildman–Crippen MR) is 244 cm³/mol. The summed E-state index contributed by atoms with van der Waals surface area (Å²) in [6, 6.07) is 63.8. The summed E-state index contributed by atoms with van der Waals surface area (Å²) in [5.74, 6) is 0.670. The lowest BCUT2D eigenvalue weighted by molar-refractivity contribution is 0.768. The minimum atomic E-state index is -0.617. The van der Waals surface area contributed by atoms with Gasteiger partial charge in [0.2, 0.25) is 0 Å². The summed E-state index contributed by atoms with van der Waals surface area (Å²) in [6.07, 6.45) is 7.96. The van der Waals surface area contributed by atoms with Gasteiger partial charge in [-0.2, -0.15) is 0 Å². The molecule has 2 heteroatoms. The van der Waals surface area contributed by atoms with Crippen LogP contribution < -0.4 is 0 Å². The molecule has 1 aliphatic rings. The van der Waals surface area contributed by atoms with Crippen LogP contribution >= 0.6 is 0 Å². The number of benzene rings is 7. The number of allylic oxidation sites excluding steroid dienone is 5. The van der Waals surface area contributed by atoms with Crippen molar-refractivity contribution < 1.29 is 0 Å². The van der Waals surface area contributed by atoms with Crippen molar-refractivity contribution in [2.75, 3.05) is 0 Å². The lowest BCUT2D eigenvalue weighted by Crippen LogP contribution is -2.28. The lowest BCUT2D eigenvalue weighted by atomic mass is 9.67. The first-order valence-electron chi connectivity index (χ1n) is 20.0. The molecule has 0 fully saturated rings. The Bertz CT molecular complexity index is 2870. The normalized spacial score (nSPS) is 14.6. The van der Waals surface area contributed by atoms with Crippen LogP contribution in [0.4, 0.5) is 0 Å². The standard InChI is InChI=1S/C56H44N2/c1-5-7-19-40(6-2)53-37-54(42-22-13-9-14-23-42)58-55(57-53)44-31-33-48-47-26-17-18-27-51(47)56(52(48)35-44,45-24-15-10-16-25-45)46-32-29-39(4)50(36-46)49-34-43(30-28-38(49)3)41-20-11-8-12-21-41/h5-37H,2H2,1,3-4H3/b7-5-,40-19+. The number of aromatic nitrogens is 2. The van der Waals surface area contributed by atoms with E-state index in [-0.39, 0.29) is 0 Å². The molecule has 58 heavy (non-hydrogen) atoms. The van der Waals surface area contributed by atoms with Gasteiger partial charge in [-0.15, -0.1) is 0 Å². The Hall–Kier alpha value is -7.16. The topological polar surface area (TPSA) is 25.8 Å². The second kappa shape index (κ2) is 15.4. The van der Waals surface area contributed by atoms with Crippen LogP contribution in [-0.2, 0) is 5.41 Å². The maximum absolute atomic E-state index is 5.26. The third kappa shape index (κ3) is 6.33. The van der Waals surface area contributed by atoms with Crippen molar-refractivity contribution in [2.24, 2.45) is 0 Å². The number of rotatable bonds is 9. The van der Waals surface area contributed by atoms with E-state index in [2.05, 4.69) is 196 Å². The predicted octanol–water partition coefficient (Wildman–Crippen LogP) is 14.3. The third-order valence-electron chi connectivity index (χ3n) is 11.6. The minimum absolute atomic E-state index is 0.617. The van der Waals surface area contributed by atoms with E-state index < -0.39 is 5.41 Å². The summed E-state index contributed by atoms with van der Waals surface area (Å²) < 4.78 is 0. The van der Waals surface area contributed by atoms with E-state index >= 15 is 0 Å². The molecule has 0 radical (unpaired) electrons. The fourth-order valence-electron chi connectivity index (χ4n) is 8.70. The molecule has 1 heterocycles. The Labute approximate surface area is 342 Å². The van der Waals surface area contributed by atoms with Gasteiger partial charge < -0.3 is 0 Å². The first-order chi connectivity index (χ1) is 28.5. The number of nitrogens with zero attached hydrogens (tertiary/aromatic N) is 2. The SMILES string of the molecule is C=C/C(=C\C=C/C)c1cc(-c2ccccc2)nc(-c2ccc3c(c2)C(c2ccccc2)(c2ccc(C)c(-c4cc(-c5ccccc5)ccc4C)c2)c2ccccc2-3)n1. The van der Waals surface area contributed by atoms with Crippen molar-refractivity contribution in [1.82, 2.24) is 9.97 Å². The van der Waals surface area contributed by atoms with E-state index in [0.29, 0.717) is 5.82 Å². The summed E-state index contributed by atoms with van der Waals surface area (Å²) >= 11 is 0. The van der Waals surface area contributed by atoms with E-state index in [1.807, 2.05) is 31.2 Å². The van der Waals surface area contributed by atoms with Crippen LogP contribution in [-0.4, -0.2) is 9.97 Å². The lowest BCUT2D eigenvalue weighted by Gasteiger charge is -2.34. The van der Waals surface area contributed by atoms with Crippen molar-refractivity contribution in [1.29, 1.82) is 0 Å². The number of hydrogen-bond donors (Lipinski definition) is 0. The first-order valence-corrected chi connectivity index (χ1v) is 20.0. The van der Waals surface area contributed by atoms with Crippen LogP contribution in [0.25, 0.3) is 61.6 Å². The molecule has 9 rings (SSSR count). The van der Waals surface area contributed by atoms with Gasteiger partial charge in [0.15, 0.2) is 5.82 Å². The second-order valence-electron chi connectivity index (χ2n) is 15.0. The van der Waals surface area contributed by atoms with Crippen LogP contribution in [0, 0.1) is 13.8 Å². The Balaban J connectivity index is 1.30. The highest BCUT2D eigenvalue weighted by molar-refractivity contribution is 5.89. The van der Waals surface area contributed by atoms with Gasteiger partial charge in [0.05, 0.1) is 16.8 Å². The highest BCUT2D eigenvalue weighted by Crippen LogP contribution is 2.57. The molecule has 1 atom stereocenters. The highest BCUT2D eigenvalue weighted by atomic mass is 14.9. The zero-order valence-corrected chi connectivity index (χ0v) is 33.2. The minimum Gasteiger partial charge on any atom is -0.228 e. The zero-order chi connectivity index (χ0) is 39.6.